The Balaban J connectivity index is 0.000000589. The van der Waals surface area contributed by atoms with Gasteiger partial charge in [-0.05, 0) is 108 Å². The van der Waals surface area contributed by atoms with E-state index in [4.69, 9.17) is 0 Å². The van der Waals surface area contributed by atoms with Crippen molar-refractivity contribution in [1.82, 2.24) is 4.57 Å². The molecule has 0 aliphatic carbocycles. The summed E-state index contributed by atoms with van der Waals surface area (Å²) in [5.74, 6) is 0.526. The van der Waals surface area contributed by atoms with Gasteiger partial charge in [0.05, 0.1) is 11.0 Å². The van der Waals surface area contributed by atoms with Gasteiger partial charge in [-0.1, -0.05) is 133 Å². The summed E-state index contributed by atoms with van der Waals surface area (Å²) in [5.41, 5.74) is 11.4. The maximum atomic E-state index is 9.19. The molecule has 1 heterocycles. The predicted octanol–water partition coefficient (Wildman–Crippen LogP) is 13.2. The summed E-state index contributed by atoms with van der Waals surface area (Å²) in [6.07, 6.45) is 0.835. The maximum absolute atomic E-state index is 9.19. The highest BCUT2D eigenvalue weighted by Crippen LogP contribution is 2.38. The Morgan fingerprint density at radius 2 is 1.25 bits per heavy atom. The van der Waals surface area contributed by atoms with Gasteiger partial charge < -0.3 is 9.88 Å². The second-order valence-electron chi connectivity index (χ2n) is 13.9. The van der Waals surface area contributed by atoms with Gasteiger partial charge in [0, 0.05) is 39.0 Å². The van der Waals surface area contributed by atoms with E-state index in [2.05, 4.69) is 140 Å². The van der Waals surface area contributed by atoms with Crippen molar-refractivity contribution in [2.45, 2.75) is 13.1 Å². The molecule has 0 amide bonds. The smallest absolute Gasteiger partial charge is 0.161 e. The molecule has 0 saturated carbocycles. The number of amidine groups is 2. The molecule has 57 heavy (non-hydrogen) atoms. The summed E-state index contributed by atoms with van der Waals surface area (Å²) in [5, 5.41) is 17.5. The Kier molecular flexibility index (Phi) is 10.9. The maximum Gasteiger partial charge on any atom is 0.161 e. The van der Waals surface area contributed by atoms with Crippen molar-refractivity contribution in [3.8, 4) is 16.8 Å². The number of para-hydroxylation sites is 2. The molecule has 0 fully saturated rings. The van der Waals surface area contributed by atoms with E-state index in [1.807, 2.05) is 91.0 Å². The van der Waals surface area contributed by atoms with Gasteiger partial charge in [-0.3, -0.25) is 5.41 Å². The molecule has 0 bridgehead atoms. The van der Waals surface area contributed by atoms with Crippen molar-refractivity contribution in [2.24, 2.45) is 9.98 Å². The van der Waals surface area contributed by atoms with E-state index in [9.17, 15) is 5.41 Å². The summed E-state index contributed by atoms with van der Waals surface area (Å²) in [4.78, 5) is 8.85. The Morgan fingerprint density at radius 3 is 1.91 bits per heavy atom. The van der Waals surface area contributed by atoms with Crippen LogP contribution >= 0.6 is 9.24 Å². The molecule has 8 aromatic carbocycles. The zero-order valence-electron chi connectivity index (χ0n) is 31.7. The van der Waals surface area contributed by atoms with Crippen molar-refractivity contribution in [2.75, 3.05) is 5.32 Å². The van der Waals surface area contributed by atoms with Gasteiger partial charge in [0.25, 0.3) is 0 Å². The molecular formula is C51H42N5P. The largest absolute Gasteiger partial charge is 0.355 e. The van der Waals surface area contributed by atoms with E-state index in [0.717, 1.165) is 56.3 Å². The van der Waals surface area contributed by atoms with E-state index >= 15 is 0 Å². The molecule has 276 valence electrons. The molecule has 1 atom stereocenters. The number of aryl methyl sites for hydroxylation is 1. The van der Waals surface area contributed by atoms with Crippen molar-refractivity contribution >= 4 is 71.6 Å². The zero-order chi connectivity index (χ0) is 39.1. The average Bonchev–Trinajstić information content (AvgIpc) is 3.58. The first-order chi connectivity index (χ1) is 28.0. The van der Waals surface area contributed by atoms with Crippen LogP contribution in [0.15, 0.2) is 198 Å². The van der Waals surface area contributed by atoms with Crippen LogP contribution in [0.25, 0.3) is 49.4 Å². The van der Waals surface area contributed by atoms with Crippen LogP contribution in [0.3, 0.4) is 0 Å². The average molecular weight is 756 g/mol. The number of anilines is 2. The Labute approximate surface area is 335 Å². The van der Waals surface area contributed by atoms with Gasteiger partial charge in [0.15, 0.2) is 11.7 Å². The number of aromatic nitrogens is 1. The fraction of sp³-hybridized carbons (Fsp3) is 0.0392. The molecule has 9 aromatic rings. The number of benzene rings is 8. The summed E-state index contributed by atoms with van der Waals surface area (Å²) in [6.45, 7) is 5.84. The topological polar surface area (TPSA) is 65.5 Å². The van der Waals surface area contributed by atoms with E-state index in [1.54, 1.807) is 0 Å². The molecule has 0 saturated heterocycles. The third kappa shape index (κ3) is 8.07. The lowest BCUT2D eigenvalue weighted by Gasteiger charge is -2.15. The highest BCUT2D eigenvalue weighted by molar-refractivity contribution is 7.15. The van der Waals surface area contributed by atoms with Gasteiger partial charge in [-0.2, -0.15) is 0 Å². The first kappa shape index (κ1) is 37.0. The third-order valence-electron chi connectivity index (χ3n) is 10.0. The Hall–Kier alpha value is -6.94. The molecule has 9 rings (SSSR count). The first-order valence-electron chi connectivity index (χ1n) is 18.9. The molecule has 2 N–H and O–H groups in total. The first-order valence-corrected chi connectivity index (χ1v) is 19.7. The lowest BCUT2D eigenvalue weighted by atomic mass is 10.0. The monoisotopic (exact) mass is 755 g/mol. The molecular weight excluding hydrogens is 714 g/mol. The molecule has 0 aliphatic rings. The van der Waals surface area contributed by atoms with Crippen molar-refractivity contribution in [1.29, 1.82) is 5.41 Å². The molecule has 1 aromatic heterocycles. The molecule has 6 heteroatoms. The normalized spacial score (nSPS) is 11.3. The Bertz CT molecular complexity index is 2880. The van der Waals surface area contributed by atoms with Crippen LogP contribution in [0.1, 0.15) is 22.3 Å². The third-order valence-corrected chi connectivity index (χ3v) is 10.5. The fourth-order valence-electron chi connectivity index (χ4n) is 7.21. The van der Waals surface area contributed by atoms with Gasteiger partial charge >= 0.3 is 0 Å². The number of rotatable bonds is 7. The second-order valence-corrected chi connectivity index (χ2v) is 14.3. The van der Waals surface area contributed by atoms with Gasteiger partial charge in [-0.25, -0.2) is 9.98 Å². The minimum absolute atomic E-state index is 0.114. The summed E-state index contributed by atoms with van der Waals surface area (Å²) in [7, 11) is 2.88. The molecule has 5 nitrogen and oxygen atoms in total. The van der Waals surface area contributed by atoms with Crippen LogP contribution < -0.4 is 5.32 Å². The van der Waals surface area contributed by atoms with Crippen molar-refractivity contribution < 1.29 is 0 Å². The summed E-state index contributed by atoms with van der Waals surface area (Å²) < 4.78 is 2.31. The predicted molar refractivity (Wildman–Crippen MR) is 247 cm³/mol. The number of nitrogens with zero attached hydrogens (tertiary/aromatic N) is 3. The summed E-state index contributed by atoms with van der Waals surface area (Å²) >= 11 is 0. The van der Waals surface area contributed by atoms with E-state index in [1.165, 1.54) is 27.3 Å². The number of hydrogen-bond acceptors (Lipinski definition) is 2. The van der Waals surface area contributed by atoms with Gasteiger partial charge in [0.2, 0.25) is 0 Å². The zero-order valence-corrected chi connectivity index (χ0v) is 32.9. The van der Waals surface area contributed by atoms with Gasteiger partial charge in [-0.15, -0.1) is 9.24 Å². The number of fused-ring (bicyclic) bond motifs is 4. The quantitative estimate of drug-likeness (QED) is 0.0949. The lowest BCUT2D eigenvalue weighted by molar-refractivity contribution is 1.18. The minimum Gasteiger partial charge on any atom is -0.355 e. The highest BCUT2D eigenvalue weighted by atomic mass is 31.0. The van der Waals surface area contributed by atoms with Gasteiger partial charge in [0.1, 0.15) is 0 Å². The Morgan fingerprint density at radius 1 is 0.614 bits per heavy atom. The molecule has 0 aliphatic heterocycles. The molecule has 0 spiro atoms. The van der Waals surface area contributed by atoms with E-state index < -0.39 is 0 Å². The van der Waals surface area contributed by atoms with Crippen LogP contribution in [-0.2, 0) is 6.16 Å². The SMILES string of the molecule is C=NC(=NC(=N)c1cc(-c2ccccc2)cc(-n2c3ccccc3c3cc4cc(CP)c(Nc5ccccc5)cc4cc32)c1)c1ccccc1.Cc1ccccc1. The van der Waals surface area contributed by atoms with Crippen LogP contribution in [0.4, 0.5) is 11.4 Å². The lowest BCUT2D eigenvalue weighted by Crippen LogP contribution is -2.05. The van der Waals surface area contributed by atoms with Crippen LogP contribution in [0.5, 0.6) is 0 Å². The summed E-state index contributed by atoms with van der Waals surface area (Å²) in [6, 6.07) is 64.5. The number of hydrogen-bond donors (Lipinski definition) is 2. The van der Waals surface area contributed by atoms with Crippen molar-refractivity contribution in [3.05, 3.63) is 210 Å². The van der Waals surface area contributed by atoms with Crippen molar-refractivity contribution in [3.63, 3.8) is 0 Å². The number of aliphatic imine (C=N–C) groups is 2. The fourth-order valence-corrected chi connectivity index (χ4v) is 7.55. The number of nitrogens with one attached hydrogen (secondary N) is 2. The standard InChI is InChI=1S/C44H34N5P.C7H8/c1-46-44(30-15-7-3-8-16-30)48-43(45)34-21-31(29-13-5-2-6-14-29)23-37(24-34)49-41-20-12-11-19-38(41)39-25-32-22-35(28-50)40(26-33(32)27-42(39)49)47-36-17-9-4-10-18-36;1-7-5-3-2-4-6-7/h2-27,45,47H,1,28,50H2;2-6H,1H3. The molecule has 1 unspecified atom stereocenters. The van der Waals surface area contributed by atoms with E-state index in [0.29, 0.717) is 11.4 Å². The van der Waals surface area contributed by atoms with Crippen LogP contribution in [-0.4, -0.2) is 23.0 Å². The van der Waals surface area contributed by atoms with Crippen LogP contribution in [0, 0.1) is 12.3 Å². The van der Waals surface area contributed by atoms with Crippen LogP contribution in [0.2, 0.25) is 0 Å². The molecule has 0 radical (unpaired) electrons. The highest BCUT2D eigenvalue weighted by Gasteiger charge is 2.17. The minimum atomic E-state index is 0.114. The van der Waals surface area contributed by atoms with E-state index in [-0.39, 0.29) is 5.84 Å². The second kappa shape index (κ2) is 16.8.